The van der Waals surface area contributed by atoms with Crippen molar-refractivity contribution in [2.45, 2.75) is 27.3 Å². The fourth-order valence-corrected chi connectivity index (χ4v) is 1.10. The Morgan fingerprint density at radius 3 is 2.79 bits per heavy atom. The zero-order chi connectivity index (χ0) is 10.4. The highest BCUT2D eigenvalue weighted by molar-refractivity contribution is 5.12. The van der Waals surface area contributed by atoms with E-state index >= 15 is 0 Å². The number of allylic oxidation sites excluding steroid dienone is 1. The molecule has 1 aromatic rings. The number of pyridine rings is 1. The van der Waals surface area contributed by atoms with Crippen molar-refractivity contribution in [2.24, 2.45) is 0 Å². The van der Waals surface area contributed by atoms with Crippen LogP contribution in [0, 0.1) is 6.92 Å². The number of hydrogen-bond acceptors (Lipinski definition) is 2. The van der Waals surface area contributed by atoms with Crippen molar-refractivity contribution in [1.29, 1.82) is 0 Å². The lowest BCUT2D eigenvalue weighted by Crippen LogP contribution is -2.13. The first-order chi connectivity index (χ1) is 6.68. The zero-order valence-electron chi connectivity index (χ0n) is 9.17. The lowest BCUT2D eigenvalue weighted by molar-refractivity contribution is 0.753. The van der Waals surface area contributed by atoms with Gasteiger partial charge in [0.05, 0.1) is 0 Å². The van der Waals surface area contributed by atoms with Gasteiger partial charge in [0.25, 0.3) is 0 Å². The average molecular weight is 190 g/mol. The maximum Gasteiger partial charge on any atom is 0.0372 e. The molecule has 0 saturated carbocycles. The molecule has 0 radical (unpaired) electrons. The number of nitrogens with zero attached hydrogens (tertiary/aromatic N) is 1. The fourth-order valence-electron chi connectivity index (χ4n) is 1.10. The summed E-state index contributed by atoms with van der Waals surface area (Å²) >= 11 is 0. The Morgan fingerprint density at radius 1 is 1.43 bits per heavy atom. The number of nitrogens with one attached hydrogen (secondary N) is 1. The van der Waals surface area contributed by atoms with E-state index in [2.05, 4.69) is 36.3 Å². The summed E-state index contributed by atoms with van der Waals surface area (Å²) in [7, 11) is 0. The summed E-state index contributed by atoms with van der Waals surface area (Å²) < 4.78 is 0. The van der Waals surface area contributed by atoms with Crippen LogP contribution in [0.25, 0.3) is 0 Å². The number of hydrogen-bond donors (Lipinski definition) is 1. The Morgan fingerprint density at radius 2 is 2.21 bits per heavy atom. The molecular weight excluding hydrogens is 172 g/mol. The van der Waals surface area contributed by atoms with Crippen LogP contribution in [0.2, 0.25) is 0 Å². The first-order valence-electron chi connectivity index (χ1n) is 4.94. The predicted octanol–water partition coefficient (Wildman–Crippen LogP) is 2.45. The first kappa shape index (κ1) is 10.9. The summed E-state index contributed by atoms with van der Waals surface area (Å²) in [6.07, 6.45) is 4.10. The van der Waals surface area contributed by atoms with E-state index in [1.807, 2.05) is 19.2 Å². The minimum Gasteiger partial charge on any atom is -0.309 e. The third-order valence-corrected chi connectivity index (χ3v) is 1.96. The molecule has 0 amide bonds. The van der Waals surface area contributed by atoms with Gasteiger partial charge in [0.2, 0.25) is 0 Å². The van der Waals surface area contributed by atoms with Gasteiger partial charge >= 0.3 is 0 Å². The van der Waals surface area contributed by atoms with Crippen molar-refractivity contribution in [2.75, 3.05) is 6.54 Å². The van der Waals surface area contributed by atoms with Crippen LogP contribution in [-0.2, 0) is 6.54 Å². The summed E-state index contributed by atoms with van der Waals surface area (Å²) in [6.45, 7) is 8.03. The molecule has 0 aliphatic heterocycles. The van der Waals surface area contributed by atoms with E-state index in [4.69, 9.17) is 0 Å². The van der Waals surface area contributed by atoms with Crippen molar-refractivity contribution < 1.29 is 0 Å². The lowest BCUT2D eigenvalue weighted by atomic mass is 10.2. The van der Waals surface area contributed by atoms with Crippen molar-refractivity contribution in [3.8, 4) is 0 Å². The van der Waals surface area contributed by atoms with E-state index in [9.17, 15) is 0 Å². The highest BCUT2D eigenvalue weighted by atomic mass is 14.8. The van der Waals surface area contributed by atoms with Gasteiger partial charge in [-0.1, -0.05) is 17.7 Å². The van der Waals surface area contributed by atoms with E-state index in [1.165, 1.54) is 11.1 Å². The monoisotopic (exact) mass is 190 g/mol. The Hall–Kier alpha value is -1.15. The summed E-state index contributed by atoms with van der Waals surface area (Å²) in [5, 5.41) is 3.34. The van der Waals surface area contributed by atoms with Gasteiger partial charge in [-0.25, -0.2) is 0 Å². The Kier molecular flexibility index (Phi) is 4.33. The van der Waals surface area contributed by atoms with E-state index in [1.54, 1.807) is 0 Å². The molecule has 0 saturated heterocycles. The van der Waals surface area contributed by atoms with Gasteiger partial charge in [0.1, 0.15) is 0 Å². The SMILES string of the molecule is CC(C)=CCNCc1ccc(C)nc1. The molecular formula is C12H18N2. The fraction of sp³-hybridized carbons (Fsp3) is 0.417. The molecule has 1 rings (SSSR count). The summed E-state index contributed by atoms with van der Waals surface area (Å²) in [5.41, 5.74) is 3.65. The van der Waals surface area contributed by atoms with Crippen LogP contribution in [-0.4, -0.2) is 11.5 Å². The normalized spacial score (nSPS) is 9.93. The molecule has 0 spiro atoms. The van der Waals surface area contributed by atoms with Crippen molar-refractivity contribution >= 4 is 0 Å². The maximum absolute atomic E-state index is 4.24. The molecule has 2 nitrogen and oxygen atoms in total. The Bertz CT molecular complexity index is 295. The number of aromatic nitrogens is 1. The van der Waals surface area contributed by atoms with Gasteiger partial charge in [0.15, 0.2) is 0 Å². The van der Waals surface area contributed by atoms with Crippen molar-refractivity contribution in [3.05, 3.63) is 41.2 Å². The molecule has 0 fully saturated rings. The minimum absolute atomic E-state index is 0.886. The second-order valence-corrected chi connectivity index (χ2v) is 3.72. The molecule has 0 aliphatic carbocycles. The number of aryl methyl sites for hydroxylation is 1. The highest BCUT2D eigenvalue weighted by Crippen LogP contribution is 1.98. The molecule has 0 bridgehead atoms. The van der Waals surface area contributed by atoms with Gasteiger partial charge in [-0.15, -0.1) is 0 Å². The topological polar surface area (TPSA) is 24.9 Å². The summed E-state index contributed by atoms with van der Waals surface area (Å²) in [6, 6.07) is 4.15. The molecule has 1 heterocycles. The van der Waals surface area contributed by atoms with E-state index < -0.39 is 0 Å². The van der Waals surface area contributed by atoms with Crippen LogP contribution in [0.15, 0.2) is 30.0 Å². The Balaban J connectivity index is 2.32. The van der Waals surface area contributed by atoms with Crippen molar-refractivity contribution in [1.82, 2.24) is 10.3 Å². The average Bonchev–Trinajstić information content (AvgIpc) is 2.15. The summed E-state index contributed by atoms with van der Waals surface area (Å²) in [5.74, 6) is 0. The molecule has 0 aromatic carbocycles. The van der Waals surface area contributed by atoms with E-state index in [-0.39, 0.29) is 0 Å². The van der Waals surface area contributed by atoms with E-state index in [0.717, 1.165) is 18.8 Å². The predicted molar refractivity (Wildman–Crippen MR) is 60.1 cm³/mol. The smallest absolute Gasteiger partial charge is 0.0372 e. The molecule has 0 aliphatic rings. The molecule has 0 unspecified atom stereocenters. The molecule has 76 valence electrons. The van der Waals surface area contributed by atoms with Crippen LogP contribution < -0.4 is 5.32 Å². The second kappa shape index (κ2) is 5.55. The maximum atomic E-state index is 4.24. The van der Waals surface area contributed by atoms with Crippen LogP contribution in [0.5, 0.6) is 0 Å². The van der Waals surface area contributed by atoms with Gasteiger partial charge in [-0.2, -0.15) is 0 Å². The minimum atomic E-state index is 0.886. The third-order valence-electron chi connectivity index (χ3n) is 1.96. The molecule has 14 heavy (non-hydrogen) atoms. The van der Waals surface area contributed by atoms with Gasteiger partial charge < -0.3 is 5.32 Å². The standard InChI is InChI=1S/C12H18N2/c1-10(2)6-7-13-8-12-5-4-11(3)14-9-12/h4-6,9,13H,7-8H2,1-3H3. The van der Waals surface area contributed by atoms with Crippen LogP contribution in [0.3, 0.4) is 0 Å². The van der Waals surface area contributed by atoms with Crippen LogP contribution >= 0.6 is 0 Å². The Labute approximate surface area is 86.1 Å². The number of rotatable bonds is 4. The van der Waals surface area contributed by atoms with Gasteiger partial charge in [0, 0.05) is 25.0 Å². The molecule has 2 heteroatoms. The highest BCUT2D eigenvalue weighted by Gasteiger charge is 1.91. The molecule has 1 N–H and O–H groups in total. The van der Waals surface area contributed by atoms with Crippen LogP contribution in [0.4, 0.5) is 0 Å². The summed E-state index contributed by atoms with van der Waals surface area (Å²) in [4.78, 5) is 4.24. The second-order valence-electron chi connectivity index (χ2n) is 3.72. The van der Waals surface area contributed by atoms with E-state index in [0.29, 0.717) is 0 Å². The van der Waals surface area contributed by atoms with Gasteiger partial charge in [-0.05, 0) is 32.4 Å². The van der Waals surface area contributed by atoms with Crippen LogP contribution in [0.1, 0.15) is 25.1 Å². The third kappa shape index (κ3) is 4.19. The molecule has 0 atom stereocenters. The lowest BCUT2D eigenvalue weighted by Gasteiger charge is -2.02. The van der Waals surface area contributed by atoms with Gasteiger partial charge in [-0.3, -0.25) is 4.98 Å². The molecule has 1 aromatic heterocycles. The quantitative estimate of drug-likeness (QED) is 0.582. The van der Waals surface area contributed by atoms with Crippen molar-refractivity contribution in [3.63, 3.8) is 0 Å². The zero-order valence-corrected chi connectivity index (χ0v) is 9.17. The first-order valence-corrected chi connectivity index (χ1v) is 4.94. The largest absolute Gasteiger partial charge is 0.309 e.